The molecule has 0 aromatic heterocycles. The van der Waals surface area contributed by atoms with Crippen molar-refractivity contribution in [2.24, 2.45) is 0 Å². The lowest BCUT2D eigenvalue weighted by Crippen LogP contribution is -2.29. The summed E-state index contributed by atoms with van der Waals surface area (Å²) in [5.74, 6) is 0.349. The maximum absolute atomic E-state index is 12.2. The first-order valence-electron chi connectivity index (χ1n) is 6.44. The number of rotatable bonds is 8. The lowest BCUT2D eigenvalue weighted by molar-refractivity contribution is -0.153. The van der Waals surface area contributed by atoms with Gasteiger partial charge in [-0.2, -0.15) is 13.2 Å². The predicted octanol–water partition coefficient (Wildman–Crippen LogP) is 2.76. The molecule has 1 aromatic rings. The van der Waals surface area contributed by atoms with E-state index in [-0.39, 0.29) is 17.5 Å². The van der Waals surface area contributed by atoms with Gasteiger partial charge in [-0.1, -0.05) is 6.07 Å². The molecule has 0 spiro atoms. The average Bonchev–Trinajstić information content (AvgIpc) is 2.42. The number of methoxy groups -OCH3 is 2. The molecule has 120 valence electrons. The summed E-state index contributed by atoms with van der Waals surface area (Å²) < 4.78 is 51.2. The molecule has 0 fully saturated rings. The van der Waals surface area contributed by atoms with Gasteiger partial charge in [0.2, 0.25) is 0 Å². The van der Waals surface area contributed by atoms with Crippen molar-refractivity contribution in [2.75, 3.05) is 27.4 Å². The summed E-state index contributed by atoms with van der Waals surface area (Å²) in [7, 11) is 3.01. The van der Waals surface area contributed by atoms with Crippen LogP contribution < -0.4 is 14.8 Å². The highest BCUT2D eigenvalue weighted by molar-refractivity contribution is 5.43. The number of ether oxygens (including phenoxy) is 3. The zero-order chi connectivity index (χ0) is 15.9. The van der Waals surface area contributed by atoms with E-state index in [2.05, 4.69) is 5.32 Å². The van der Waals surface area contributed by atoms with Gasteiger partial charge in [-0.3, -0.25) is 0 Å². The van der Waals surface area contributed by atoms with Crippen LogP contribution in [0.3, 0.4) is 0 Å². The first-order valence-corrected chi connectivity index (χ1v) is 6.44. The fraction of sp³-hybridized carbons (Fsp3) is 0.571. The van der Waals surface area contributed by atoms with Gasteiger partial charge < -0.3 is 19.5 Å². The SMILES string of the molecule is COCC(C)NCc1ccc(OCC(F)(F)F)c(OC)c1. The molecule has 0 aliphatic rings. The van der Waals surface area contributed by atoms with E-state index in [1.807, 2.05) is 6.92 Å². The third-order valence-electron chi connectivity index (χ3n) is 2.69. The van der Waals surface area contributed by atoms with Gasteiger partial charge in [-0.15, -0.1) is 0 Å². The zero-order valence-corrected chi connectivity index (χ0v) is 12.3. The van der Waals surface area contributed by atoms with Gasteiger partial charge in [0.1, 0.15) is 0 Å². The molecule has 0 heterocycles. The summed E-state index contributed by atoms with van der Waals surface area (Å²) in [6.45, 7) is 1.76. The van der Waals surface area contributed by atoms with Crippen LogP contribution in [0.5, 0.6) is 11.5 Å². The van der Waals surface area contributed by atoms with Crippen molar-refractivity contribution < 1.29 is 27.4 Å². The molecule has 1 aromatic carbocycles. The second-order valence-electron chi connectivity index (χ2n) is 4.63. The Morgan fingerprint density at radius 3 is 2.48 bits per heavy atom. The number of alkyl halides is 3. The number of benzene rings is 1. The van der Waals surface area contributed by atoms with Gasteiger partial charge in [-0.25, -0.2) is 0 Å². The van der Waals surface area contributed by atoms with Crippen molar-refractivity contribution in [1.82, 2.24) is 5.32 Å². The molecule has 1 atom stereocenters. The third-order valence-corrected chi connectivity index (χ3v) is 2.69. The molecule has 1 unspecified atom stereocenters. The lowest BCUT2D eigenvalue weighted by atomic mass is 10.2. The summed E-state index contributed by atoms with van der Waals surface area (Å²) in [5, 5.41) is 3.23. The van der Waals surface area contributed by atoms with Crippen LogP contribution in [-0.2, 0) is 11.3 Å². The molecule has 0 amide bonds. The number of nitrogens with one attached hydrogen (secondary N) is 1. The molecule has 21 heavy (non-hydrogen) atoms. The summed E-state index contributed by atoms with van der Waals surface area (Å²) in [6, 6.07) is 4.99. The second-order valence-corrected chi connectivity index (χ2v) is 4.63. The first-order chi connectivity index (χ1) is 9.85. The summed E-state index contributed by atoms with van der Waals surface area (Å²) >= 11 is 0. The van der Waals surface area contributed by atoms with Gasteiger partial charge in [-0.05, 0) is 24.6 Å². The van der Waals surface area contributed by atoms with Crippen LogP contribution in [0.25, 0.3) is 0 Å². The Morgan fingerprint density at radius 1 is 1.19 bits per heavy atom. The van der Waals surface area contributed by atoms with Gasteiger partial charge in [0.15, 0.2) is 18.1 Å². The fourth-order valence-electron chi connectivity index (χ4n) is 1.70. The van der Waals surface area contributed by atoms with E-state index in [0.717, 1.165) is 5.56 Å². The molecular weight excluding hydrogens is 287 g/mol. The number of halogens is 3. The molecule has 0 bridgehead atoms. The van der Waals surface area contributed by atoms with E-state index in [4.69, 9.17) is 14.2 Å². The minimum Gasteiger partial charge on any atom is -0.493 e. The molecule has 4 nitrogen and oxygen atoms in total. The van der Waals surface area contributed by atoms with Crippen molar-refractivity contribution in [2.45, 2.75) is 25.7 Å². The normalized spacial score (nSPS) is 13.0. The Hall–Kier alpha value is -1.47. The van der Waals surface area contributed by atoms with Gasteiger partial charge in [0.25, 0.3) is 0 Å². The Balaban J connectivity index is 2.65. The molecule has 0 saturated heterocycles. The van der Waals surface area contributed by atoms with Crippen molar-refractivity contribution in [3.05, 3.63) is 23.8 Å². The van der Waals surface area contributed by atoms with Gasteiger partial charge >= 0.3 is 6.18 Å². The van der Waals surface area contributed by atoms with E-state index in [9.17, 15) is 13.2 Å². The van der Waals surface area contributed by atoms with E-state index in [1.54, 1.807) is 19.2 Å². The molecule has 0 aliphatic carbocycles. The van der Waals surface area contributed by atoms with Crippen LogP contribution in [0.15, 0.2) is 18.2 Å². The Kier molecular flexibility index (Phi) is 6.77. The van der Waals surface area contributed by atoms with Crippen molar-refractivity contribution in [1.29, 1.82) is 0 Å². The molecule has 1 rings (SSSR count). The summed E-state index contributed by atoms with van der Waals surface area (Å²) in [6.07, 6.45) is -4.37. The minimum absolute atomic E-state index is 0.0727. The molecule has 0 aliphatic heterocycles. The maximum Gasteiger partial charge on any atom is 0.422 e. The minimum atomic E-state index is -4.37. The summed E-state index contributed by atoms with van der Waals surface area (Å²) in [5.41, 5.74) is 0.883. The highest BCUT2D eigenvalue weighted by Crippen LogP contribution is 2.29. The van der Waals surface area contributed by atoms with Crippen molar-refractivity contribution in [3.8, 4) is 11.5 Å². The fourth-order valence-corrected chi connectivity index (χ4v) is 1.70. The van der Waals surface area contributed by atoms with Crippen LogP contribution in [-0.4, -0.2) is 39.7 Å². The van der Waals surface area contributed by atoms with Gasteiger partial charge in [0, 0.05) is 19.7 Å². The monoisotopic (exact) mass is 307 g/mol. The molecule has 0 saturated carbocycles. The van der Waals surface area contributed by atoms with E-state index in [1.165, 1.54) is 13.2 Å². The van der Waals surface area contributed by atoms with Crippen LogP contribution >= 0.6 is 0 Å². The molecule has 0 radical (unpaired) electrons. The number of hydrogen-bond acceptors (Lipinski definition) is 4. The van der Waals surface area contributed by atoms with Gasteiger partial charge in [0.05, 0.1) is 13.7 Å². The van der Waals surface area contributed by atoms with Crippen molar-refractivity contribution in [3.63, 3.8) is 0 Å². The summed E-state index contributed by atoms with van der Waals surface area (Å²) in [4.78, 5) is 0. The average molecular weight is 307 g/mol. The Labute approximate surface area is 122 Å². The second kappa shape index (κ2) is 8.09. The van der Waals surface area contributed by atoms with Crippen LogP contribution in [0, 0.1) is 0 Å². The van der Waals surface area contributed by atoms with Crippen LogP contribution in [0.4, 0.5) is 13.2 Å². The number of hydrogen-bond donors (Lipinski definition) is 1. The highest BCUT2D eigenvalue weighted by Gasteiger charge is 2.29. The predicted molar refractivity (Wildman–Crippen MR) is 72.7 cm³/mol. The molecular formula is C14H20F3NO3. The third kappa shape index (κ3) is 6.68. The topological polar surface area (TPSA) is 39.7 Å². The lowest BCUT2D eigenvalue weighted by Gasteiger charge is -2.15. The van der Waals surface area contributed by atoms with E-state index >= 15 is 0 Å². The Bertz CT molecular complexity index is 438. The Morgan fingerprint density at radius 2 is 1.90 bits per heavy atom. The van der Waals surface area contributed by atoms with E-state index < -0.39 is 12.8 Å². The quantitative estimate of drug-likeness (QED) is 0.801. The zero-order valence-electron chi connectivity index (χ0n) is 12.3. The molecule has 1 N–H and O–H groups in total. The first kappa shape index (κ1) is 17.6. The highest BCUT2D eigenvalue weighted by atomic mass is 19.4. The van der Waals surface area contributed by atoms with E-state index in [0.29, 0.717) is 13.2 Å². The van der Waals surface area contributed by atoms with Crippen molar-refractivity contribution >= 4 is 0 Å². The maximum atomic E-state index is 12.2. The standard InChI is InChI=1S/C14H20F3NO3/c1-10(8-19-2)18-7-11-4-5-12(13(6-11)20-3)21-9-14(15,16)17/h4-6,10,18H,7-9H2,1-3H3. The molecule has 7 heteroatoms. The van der Waals surface area contributed by atoms with Crippen LogP contribution in [0.1, 0.15) is 12.5 Å². The largest absolute Gasteiger partial charge is 0.493 e. The smallest absolute Gasteiger partial charge is 0.422 e. The van der Waals surface area contributed by atoms with Crippen LogP contribution in [0.2, 0.25) is 0 Å².